The van der Waals surface area contributed by atoms with Crippen molar-refractivity contribution in [1.82, 2.24) is 0 Å². The van der Waals surface area contributed by atoms with E-state index in [9.17, 15) is 0 Å². The lowest BCUT2D eigenvalue weighted by molar-refractivity contribution is 0.670. The lowest BCUT2D eigenvalue weighted by atomic mass is 9.94. The standard InChI is InChI=1S/C54H35NO/c1-2-12-36(13-3-1)37-24-26-38(27-25-37)39-28-31-44(32-29-39)55(50-23-11-17-40-14-4-7-20-46(40)50)45-19-10-18-42(34-45)49-35-43-16-6-9-22-48(43)53-52-47-21-8-5-15-41(47)30-33-51(52)56-54(49)53/h1-35H. The zero-order valence-electron chi connectivity index (χ0n) is 30.6. The summed E-state index contributed by atoms with van der Waals surface area (Å²) in [5, 5.41) is 9.52. The SMILES string of the molecule is c1ccc(-c2ccc(-c3ccc(N(c4cccc(-c5cc6ccccc6c6c5oc5ccc7ccccc7c56)c4)c4cccc5ccccc45)cc3)cc2)cc1. The van der Waals surface area contributed by atoms with Crippen LogP contribution in [0, 0.1) is 0 Å². The highest BCUT2D eigenvalue weighted by molar-refractivity contribution is 6.28. The Morgan fingerprint density at radius 1 is 0.321 bits per heavy atom. The van der Waals surface area contributed by atoms with Gasteiger partial charge in [-0.15, -0.1) is 0 Å². The number of fused-ring (bicyclic) bond motifs is 8. The summed E-state index contributed by atoms with van der Waals surface area (Å²) in [6.07, 6.45) is 0. The number of hydrogen-bond acceptors (Lipinski definition) is 2. The van der Waals surface area contributed by atoms with Crippen LogP contribution in [0.25, 0.3) is 87.6 Å². The first-order valence-electron chi connectivity index (χ1n) is 19.2. The Morgan fingerprint density at radius 2 is 0.857 bits per heavy atom. The molecule has 10 aromatic carbocycles. The minimum Gasteiger partial charge on any atom is -0.455 e. The lowest BCUT2D eigenvalue weighted by Gasteiger charge is -2.27. The molecule has 0 fully saturated rings. The van der Waals surface area contributed by atoms with E-state index in [-0.39, 0.29) is 0 Å². The molecule has 0 N–H and O–H groups in total. The molecule has 2 nitrogen and oxygen atoms in total. The zero-order valence-corrected chi connectivity index (χ0v) is 30.6. The Bertz CT molecular complexity index is 3230. The van der Waals surface area contributed by atoms with Crippen LogP contribution in [0.2, 0.25) is 0 Å². The van der Waals surface area contributed by atoms with Gasteiger partial charge in [0.15, 0.2) is 0 Å². The second-order valence-corrected chi connectivity index (χ2v) is 14.5. The summed E-state index contributed by atoms with van der Waals surface area (Å²) in [4.78, 5) is 2.39. The fourth-order valence-electron chi connectivity index (χ4n) is 8.53. The van der Waals surface area contributed by atoms with Gasteiger partial charge in [0.05, 0.1) is 5.69 Å². The molecule has 0 saturated heterocycles. The van der Waals surface area contributed by atoms with Crippen LogP contribution >= 0.6 is 0 Å². The highest BCUT2D eigenvalue weighted by Crippen LogP contribution is 2.45. The van der Waals surface area contributed by atoms with E-state index in [0.717, 1.165) is 44.7 Å². The highest BCUT2D eigenvalue weighted by atomic mass is 16.3. The number of nitrogens with zero attached hydrogens (tertiary/aromatic N) is 1. The van der Waals surface area contributed by atoms with Crippen molar-refractivity contribution in [3.8, 4) is 33.4 Å². The molecular weight excluding hydrogens is 679 g/mol. The van der Waals surface area contributed by atoms with Crippen molar-refractivity contribution in [3.63, 3.8) is 0 Å². The van der Waals surface area contributed by atoms with Crippen molar-refractivity contribution >= 4 is 71.3 Å². The minimum atomic E-state index is 0.902. The molecule has 0 aliphatic carbocycles. The summed E-state index contributed by atoms with van der Waals surface area (Å²) < 4.78 is 6.86. The summed E-state index contributed by atoms with van der Waals surface area (Å²) >= 11 is 0. The summed E-state index contributed by atoms with van der Waals surface area (Å²) in [6, 6.07) is 76.3. The zero-order chi connectivity index (χ0) is 37.0. The monoisotopic (exact) mass is 713 g/mol. The van der Waals surface area contributed by atoms with Crippen LogP contribution in [-0.4, -0.2) is 0 Å². The van der Waals surface area contributed by atoms with E-state index in [0.29, 0.717) is 0 Å². The first-order chi connectivity index (χ1) is 27.8. The van der Waals surface area contributed by atoms with Crippen LogP contribution in [0.15, 0.2) is 217 Å². The highest BCUT2D eigenvalue weighted by Gasteiger charge is 2.20. The Hall–Kier alpha value is -7.42. The molecule has 2 heteroatoms. The molecule has 0 aliphatic heterocycles. The van der Waals surface area contributed by atoms with Crippen LogP contribution in [0.4, 0.5) is 17.1 Å². The molecule has 56 heavy (non-hydrogen) atoms. The maximum Gasteiger partial charge on any atom is 0.143 e. The van der Waals surface area contributed by atoms with E-state index >= 15 is 0 Å². The third-order valence-corrected chi connectivity index (χ3v) is 11.2. The molecule has 0 saturated carbocycles. The number of rotatable bonds is 6. The molecular formula is C54H35NO. The van der Waals surface area contributed by atoms with E-state index in [1.54, 1.807) is 0 Å². The van der Waals surface area contributed by atoms with E-state index in [1.165, 1.54) is 60.0 Å². The van der Waals surface area contributed by atoms with Crippen LogP contribution in [0.5, 0.6) is 0 Å². The van der Waals surface area contributed by atoms with Gasteiger partial charge < -0.3 is 9.32 Å². The average molecular weight is 714 g/mol. The number of anilines is 3. The van der Waals surface area contributed by atoms with Crippen molar-refractivity contribution in [2.75, 3.05) is 4.90 Å². The summed E-state index contributed by atoms with van der Waals surface area (Å²) in [6.45, 7) is 0. The Morgan fingerprint density at radius 3 is 1.59 bits per heavy atom. The van der Waals surface area contributed by atoms with E-state index in [2.05, 4.69) is 217 Å². The lowest BCUT2D eigenvalue weighted by Crippen LogP contribution is -2.10. The first kappa shape index (κ1) is 32.0. The maximum atomic E-state index is 6.86. The van der Waals surface area contributed by atoms with Crippen molar-refractivity contribution in [2.24, 2.45) is 0 Å². The third kappa shape index (κ3) is 5.34. The van der Waals surface area contributed by atoms with E-state index in [1.807, 2.05) is 0 Å². The molecule has 11 rings (SSSR count). The molecule has 0 atom stereocenters. The van der Waals surface area contributed by atoms with Crippen molar-refractivity contribution in [3.05, 3.63) is 212 Å². The van der Waals surface area contributed by atoms with Crippen LogP contribution in [0.3, 0.4) is 0 Å². The second kappa shape index (κ2) is 13.2. The van der Waals surface area contributed by atoms with Gasteiger partial charge in [-0.05, 0) is 97.2 Å². The quantitative estimate of drug-likeness (QED) is 0.171. The predicted octanol–water partition coefficient (Wildman–Crippen LogP) is 15.5. The van der Waals surface area contributed by atoms with Gasteiger partial charge in [-0.2, -0.15) is 0 Å². The van der Waals surface area contributed by atoms with Gasteiger partial charge in [0.1, 0.15) is 11.2 Å². The van der Waals surface area contributed by atoms with Gasteiger partial charge in [-0.1, -0.05) is 170 Å². The second-order valence-electron chi connectivity index (χ2n) is 14.5. The van der Waals surface area contributed by atoms with Crippen LogP contribution in [-0.2, 0) is 0 Å². The number of benzene rings is 10. The molecule has 0 unspecified atom stereocenters. The summed E-state index contributed by atoms with van der Waals surface area (Å²) in [5.41, 5.74) is 12.1. The third-order valence-electron chi connectivity index (χ3n) is 11.2. The summed E-state index contributed by atoms with van der Waals surface area (Å²) in [7, 11) is 0. The fourth-order valence-corrected chi connectivity index (χ4v) is 8.53. The molecule has 0 aliphatic rings. The van der Waals surface area contributed by atoms with E-state index in [4.69, 9.17) is 4.42 Å². The summed E-state index contributed by atoms with van der Waals surface area (Å²) in [5.74, 6) is 0. The molecule has 262 valence electrons. The Kier molecular flexibility index (Phi) is 7.53. The molecule has 0 amide bonds. The normalized spacial score (nSPS) is 11.6. The van der Waals surface area contributed by atoms with Gasteiger partial charge in [0.2, 0.25) is 0 Å². The Balaban J connectivity index is 1.07. The smallest absolute Gasteiger partial charge is 0.143 e. The number of hydrogen-bond donors (Lipinski definition) is 0. The van der Waals surface area contributed by atoms with Crippen molar-refractivity contribution in [1.29, 1.82) is 0 Å². The van der Waals surface area contributed by atoms with Gasteiger partial charge >= 0.3 is 0 Å². The molecule has 0 bridgehead atoms. The largest absolute Gasteiger partial charge is 0.455 e. The average Bonchev–Trinajstić information content (AvgIpc) is 3.68. The first-order valence-corrected chi connectivity index (χ1v) is 19.2. The van der Waals surface area contributed by atoms with Gasteiger partial charge in [-0.3, -0.25) is 0 Å². The van der Waals surface area contributed by atoms with Gasteiger partial charge in [0.25, 0.3) is 0 Å². The van der Waals surface area contributed by atoms with Gasteiger partial charge in [-0.25, -0.2) is 0 Å². The van der Waals surface area contributed by atoms with Crippen LogP contribution < -0.4 is 4.90 Å². The molecule has 0 radical (unpaired) electrons. The van der Waals surface area contributed by atoms with E-state index < -0.39 is 0 Å². The van der Waals surface area contributed by atoms with Crippen LogP contribution in [0.1, 0.15) is 0 Å². The molecule has 1 heterocycles. The van der Waals surface area contributed by atoms with Crippen molar-refractivity contribution in [2.45, 2.75) is 0 Å². The Labute approximate surface area is 325 Å². The minimum absolute atomic E-state index is 0.902. The maximum absolute atomic E-state index is 6.86. The fraction of sp³-hybridized carbons (Fsp3) is 0. The predicted molar refractivity (Wildman–Crippen MR) is 237 cm³/mol. The molecule has 1 aromatic heterocycles. The van der Waals surface area contributed by atoms with Crippen molar-refractivity contribution < 1.29 is 4.42 Å². The number of furan rings is 1. The molecule has 0 spiro atoms. The topological polar surface area (TPSA) is 16.4 Å². The molecule has 11 aromatic rings. The van der Waals surface area contributed by atoms with Gasteiger partial charge in [0, 0.05) is 33.1 Å².